The minimum Gasteiger partial charge on any atom is -0.478 e. The van der Waals surface area contributed by atoms with Gasteiger partial charge in [0.1, 0.15) is 0 Å². The van der Waals surface area contributed by atoms with Crippen LogP contribution in [-0.4, -0.2) is 33.2 Å². The summed E-state index contributed by atoms with van der Waals surface area (Å²) in [6.45, 7) is 0. The summed E-state index contributed by atoms with van der Waals surface area (Å²) in [6.07, 6.45) is 0. The van der Waals surface area contributed by atoms with Gasteiger partial charge in [0.15, 0.2) is 0 Å². The van der Waals surface area contributed by atoms with Crippen LogP contribution in [0, 0.1) is 0 Å². The number of benzene rings is 3. The van der Waals surface area contributed by atoms with Gasteiger partial charge in [0.2, 0.25) is 0 Å². The number of anilines is 3. The van der Waals surface area contributed by atoms with E-state index in [-0.39, 0.29) is 33.8 Å². The molecule has 0 bridgehead atoms. The summed E-state index contributed by atoms with van der Waals surface area (Å²) in [7, 11) is 0. The Kier molecular flexibility index (Phi) is 11.5. The zero-order valence-electron chi connectivity index (χ0n) is 16.1. The van der Waals surface area contributed by atoms with E-state index in [1.165, 1.54) is 36.4 Å². The van der Waals surface area contributed by atoms with E-state index in [0.717, 1.165) is 0 Å². The first kappa shape index (κ1) is 27.0. The summed E-state index contributed by atoms with van der Waals surface area (Å²) in [5, 5.41) is 25.4. The zero-order chi connectivity index (χ0) is 22.7. The van der Waals surface area contributed by atoms with Gasteiger partial charge < -0.3 is 32.5 Å². The molecule has 0 fully saturated rings. The number of carboxylic acid groups (broad SMARTS) is 3. The quantitative estimate of drug-likeness (QED) is 0.248. The maximum atomic E-state index is 10.3. The Balaban J connectivity index is 0.000000429. The molecular formula is C21H21FeN3O6. The van der Waals surface area contributed by atoms with Crippen molar-refractivity contribution in [2.24, 2.45) is 0 Å². The smallest absolute Gasteiger partial charge is 0.335 e. The molecular weight excluding hydrogens is 446 g/mol. The third-order valence-electron chi connectivity index (χ3n) is 3.40. The molecule has 0 saturated carbocycles. The Hall–Kier alpha value is -4.01. The van der Waals surface area contributed by atoms with Crippen molar-refractivity contribution in [3.63, 3.8) is 0 Å². The van der Waals surface area contributed by atoms with Crippen LogP contribution in [0.5, 0.6) is 0 Å². The van der Waals surface area contributed by atoms with Crippen LogP contribution in [0.4, 0.5) is 17.1 Å². The Morgan fingerprint density at radius 2 is 0.742 bits per heavy atom. The fourth-order valence-corrected chi connectivity index (χ4v) is 2.02. The molecule has 0 atom stereocenters. The molecule has 31 heavy (non-hydrogen) atoms. The fourth-order valence-electron chi connectivity index (χ4n) is 2.02. The molecule has 9 nitrogen and oxygen atoms in total. The van der Waals surface area contributed by atoms with E-state index in [0.29, 0.717) is 17.1 Å². The third-order valence-corrected chi connectivity index (χ3v) is 3.40. The van der Waals surface area contributed by atoms with Gasteiger partial charge in [-0.05, 0) is 54.6 Å². The number of rotatable bonds is 3. The van der Waals surface area contributed by atoms with Gasteiger partial charge in [-0.2, -0.15) is 0 Å². The summed E-state index contributed by atoms with van der Waals surface area (Å²) >= 11 is 0. The van der Waals surface area contributed by atoms with Crippen LogP contribution in [0.25, 0.3) is 0 Å². The van der Waals surface area contributed by atoms with Crippen LogP contribution in [0.1, 0.15) is 31.1 Å². The molecule has 0 aliphatic carbocycles. The number of carboxylic acids is 3. The Morgan fingerprint density at radius 1 is 0.516 bits per heavy atom. The Labute approximate surface area is 188 Å². The van der Waals surface area contributed by atoms with Gasteiger partial charge >= 0.3 is 17.9 Å². The predicted molar refractivity (Wildman–Crippen MR) is 113 cm³/mol. The minimum atomic E-state index is -0.952. The van der Waals surface area contributed by atoms with E-state index in [9.17, 15) is 14.4 Å². The van der Waals surface area contributed by atoms with Crippen molar-refractivity contribution in [1.29, 1.82) is 0 Å². The molecule has 0 heterocycles. The number of hydrogen-bond donors (Lipinski definition) is 6. The molecule has 0 unspecified atom stereocenters. The van der Waals surface area contributed by atoms with E-state index < -0.39 is 17.9 Å². The van der Waals surface area contributed by atoms with Crippen molar-refractivity contribution in [2.45, 2.75) is 0 Å². The van der Waals surface area contributed by atoms with Gasteiger partial charge in [0, 0.05) is 34.1 Å². The van der Waals surface area contributed by atoms with Gasteiger partial charge in [0.25, 0.3) is 0 Å². The summed E-state index contributed by atoms with van der Waals surface area (Å²) in [5.41, 5.74) is 18.1. The summed E-state index contributed by atoms with van der Waals surface area (Å²) < 4.78 is 0. The molecule has 0 aliphatic heterocycles. The summed E-state index contributed by atoms with van der Waals surface area (Å²) in [4.78, 5) is 30.9. The van der Waals surface area contributed by atoms with Gasteiger partial charge in [-0.25, -0.2) is 14.4 Å². The maximum Gasteiger partial charge on any atom is 0.335 e. The molecule has 164 valence electrons. The summed E-state index contributed by atoms with van der Waals surface area (Å²) in [6, 6.07) is 18.5. The largest absolute Gasteiger partial charge is 0.478 e. The van der Waals surface area contributed by atoms with Gasteiger partial charge in [-0.3, -0.25) is 0 Å². The van der Waals surface area contributed by atoms with Crippen molar-refractivity contribution in [3.05, 3.63) is 89.5 Å². The second-order valence-electron chi connectivity index (χ2n) is 5.79. The third kappa shape index (κ3) is 10.4. The van der Waals surface area contributed by atoms with Crippen LogP contribution < -0.4 is 17.2 Å². The molecule has 0 aliphatic rings. The number of nitrogens with two attached hydrogens (primary N) is 3. The number of hydrogen-bond acceptors (Lipinski definition) is 6. The van der Waals surface area contributed by atoms with E-state index in [4.69, 9.17) is 32.5 Å². The number of nitrogen functional groups attached to an aromatic ring is 3. The van der Waals surface area contributed by atoms with Crippen molar-refractivity contribution < 1.29 is 46.8 Å². The first-order valence-corrected chi connectivity index (χ1v) is 8.36. The van der Waals surface area contributed by atoms with Crippen LogP contribution in [-0.2, 0) is 17.1 Å². The fraction of sp³-hybridized carbons (Fsp3) is 0. The second-order valence-corrected chi connectivity index (χ2v) is 5.79. The molecule has 3 aromatic carbocycles. The van der Waals surface area contributed by atoms with E-state index in [2.05, 4.69) is 0 Å². The average molecular weight is 467 g/mol. The van der Waals surface area contributed by atoms with E-state index in [1.54, 1.807) is 36.4 Å². The number of carbonyl (C=O) groups is 3. The minimum absolute atomic E-state index is 0. The normalized spacial score (nSPS) is 8.90. The topological polar surface area (TPSA) is 190 Å². The molecule has 3 rings (SSSR count). The maximum absolute atomic E-state index is 10.3. The molecule has 0 amide bonds. The van der Waals surface area contributed by atoms with Crippen molar-refractivity contribution in [1.82, 2.24) is 0 Å². The van der Waals surface area contributed by atoms with Crippen molar-refractivity contribution in [2.75, 3.05) is 17.2 Å². The van der Waals surface area contributed by atoms with Gasteiger partial charge in [0.05, 0.1) is 16.7 Å². The van der Waals surface area contributed by atoms with Crippen LogP contribution in [0.15, 0.2) is 72.8 Å². The molecule has 0 radical (unpaired) electrons. The molecule has 0 aromatic heterocycles. The molecule has 0 spiro atoms. The zero-order valence-corrected chi connectivity index (χ0v) is 17.2. The van der Waals surface area contributed by atoms with Crippen LogP contribution in [0.2, 0.25) is 0 Å². The Morgan fingerprint density at radius 3 is 0.871 bits per heavy atom. The van der Waals surface area contributed by atoms with Crippen molar-refractivity contribution in [3.8, 4) is 0 Å². The van der Waals surface area contributed by atoms with Crippen LogP contribution >= 0.6 is 0 Å². The number of aromatic carboxylic acids is 3. The average Bonchev–Trinajstić information content (AvgIpc) is 2.69. The Bertz CT molecular complexity index is 911. The first-order valence-electron chi connectivity index (χ1n) is 8.36. The second kappa shape index (κ2) is 13.3. The molecule has 9 N–H and O–H groups in total. The van der Waals surface area contributed by atoms with E-state index in [1.807, 2.05) is 0 Å². The SMILES string of the molecule is Nc1cccc(C(=O)O)c1.Nc1cccc(C(=O)O)c1.Nc1cccc(C(=O)O)c1.[Fe]. The standard InChI is InChI=1S/3C7H7NO2.Fe/c3*8-6-3-1-2-5(4-6)7(9)10;/h3*1-4H,8H2,(H,9,10);. The molecule has 3 aromatic rings. The molecule has 10 heteroatoms. The predicted octanol–water partition coefficient (Wildman–Crippen LogP) is 2.90. The van der Waals surface area contributed by atoms with Crippen LogP contribution in [0.3, 0.4) is 0 Å². The van der Waals surface area contributed by atoms with Gasteiger partial charge in [-0.1, -0.05) is 18.2 Å². The van der Waals surface area contributed by atoms with Crippen molar-refractivity contribution >= 4 is 35.0 Å². The molecule has 0 saturated heterocycles. The van der Waals surface area contributed by atoms with Gasteiger partial charge in [-0.15, -0.1) is 0 Å². The monoisotopic (exact) mass is 467 g/mol. The first-order chi connectivity index (χ1) is 14.1. The summed E-state index contributed by atoms with van der Waals surface area (Å²) in [5.74, 6) is -2.85. The van der Waals surface area contributed by atoms with E-state index >= 15 is 0 Å².